The van der Waals surface area contributed by atoms with Crippen molar-refractivity contribution in [2.45, 2.75) is 11.6 Å². The Bertz CT molecular complexity index is 560. The number of anilines is 1. The minimum Gasteiger partial charge on any atom is -0.382 e. The van der Waals surface area contributed by atoms with Crippen molar-refractivity contribution in [1.29, 1.82) is 0 Å². The summed E-state index contributed by atoms with van der Waals surface area (Å²) < 4.78 is 0.826. The highest BCUT2D eigenvalue weighted by atomic mass is 79.9. The van der Waals surface area contributed by atoms with Crippen LogP contribution in [-0.4, -0.2) is 29.9 Å². The molecule has 94 valence electrons. The molecule has 5 heteroatoms. The molecule has 0 aliphatic carbocycles. The molecule has 0 bridgehead atoms. The highest BCUT2D eigenvalue weighted by molar-refractivity contribution is 9.10. The van der Waals surface area contributed by atoms with E-state index in [0.717, 1.165) is 27.6 Å². The van der Waals surface area contributed by atoms with E-state index in [1.807, 2.05) is 29.2 Å². The van der Waals surface area contributed by atoms with Gasteiger partial charge in [-0.2, -0.15) is 0 Å². The van der Waals surface area contributed by atoms with E-state index >= 15 is 0 Å². The first kappa shape index (κ1) is 12.2. The van der Waals surface area contributed by atoms with Gasteiger partial charge in [0.05, 0.1) is 18.1 Å². The fourth-order valence-electron chi connectivity index (χ4n) is 2.70. The second-order valence-electron chi connectivity index (χ2n) is 4.64. The van der Waals surface area contributed by atoms with Gasteiger partial charge >= 0.3 is 0 Å². The summed E-state index contributed by atoms with van der Waals surface area (Å²) in [6.07, 6.45) is 4.64. The summed E-state index contributed by atoms with van der Waals surface area (Å²) in [5.41, 5.74) is 1.59. The van der Waals surface area contributed by atoms with Crippen LogP contribution < -0.4 is 4.90 Å². The quantitative estimate of drug-likeness (QED) is 0.669. The lowest BCUT2D eigenvalue weighted by Crippen LogP contribution is -2.41. The Hall–Kier alpha value is -0.840. The minimum absolute atomic E-state index is 0.101. The average Bonchev–Trinajstić information content (AvgIpc) is 2.70. The summed E-state index contributed by atoms with van der Waals surface area (Å²) in [7, 11) is 0. The molecule has 2 heterocycles. The predicted molar refractivity (Wildman–Crippen MR) is 75.0 cm³/mol. The van der Waals surface area contributed by atoms with Gasteiger partial charge in [0, 0.05) is 10.0 Å². The number of halogens is 2. The predicted octanol–water partition coefficient (Wildman–Crippen LogP) is 2.29. The monoisotopic (exact) mass is 327 g/mol. The molecule has 2 aliphatic heterocycles. The number of hydrogen-bond donors (Lipinski definition) is 1. The zero-order valence-electron chi connectivity index (χ0n) is 9.44. The number of carbonyl (C=O) groups excluding carboxylic acids is 1. The normalized spacial score (nSPS) is 28.4. The van der Waals surface area contributed by atoms with Crippen LogP contribution in [-0.2, 0) is 10.4 Å². The molecule has 1 N–H and O–H groups in total. The number of hydrogen-bond acceptors (Lipinski definition) is 3. The first-order chi connectivity index (χ1) is 8.60. The van der Waals surface area contributed by atoms with Gasteiger partial charge in [-0.25, -0.2) is 0 Å². The van der Waals surface area contributed by atoms with Crippen LogP contribution in [0.1, 0.15) is 11.1 Å². The summed E-state index contributed by atoms with van der Waals surface area (Å²) in [4.78, 5) is 13.0. The maximum atomic E-state index is 11.1. The van der Waals surface area contributed by atoms with E-state index in [2.05, 4.69) is 15.9 Å². The van der Waals surface area contributed by atoms with Gasteiger partial charge in [-0.3, -0.25) is 0 Å². The molecule has 0 radical (unpaired) electrons. The molecule has 2 unspecified atom stereocenters. The Morgan fingerprint density at radius 2 is 2.39 bits per heavy atom. The zero-order valence-corrected chi connectivity index (χ0v) is 11.8. The topological polar surface area (TPSA) is 40.5 Å². The SMILES string of the molecule is O=CC1C=Cc2ccc(Br)c3c2N1CC3(O)CCl. The Morgan fingerprint density at radius 1 is 1.61 bits per heavy atom. The number of aldehydes is 1. The standard InChI is InChI=1S/C13H11BrClNO2/c14-10-4-2-8-1-3-9(5-17)16-7-13(18,6-15)11(10)12(8)16/h1-5,9,18H,6-7H2. The fourth-order valence-corrected chi connectivity index (χ4v) is 3.60. The van der Waals surface area contributed by atoms with Crippen molar-refractivity contribution in [3.8, 4) is 0 Å². The van der Waals surface area contributed by atoms with E-state index in [1.165, 1.54) is 0 Å². The number of aliphatic hydroxyl groups is 1. The third kappa shape index (κ3) is 1.49. The van der Waals surface area contributed by atoms with Crippen molar-refractivity contribution in [2.75, 3.05) is 17.3 Å². The van der Waals surface area contributed by atoms with E-state index in [4.69, 9.17) is 11.6 Å². The molecule has 0 saturated heterocycles. The molecule has 1 aromatic rings. The number of nitrogens with zero attached hydrogens (tertiary/aromatic N) is 1. The summed E-state index contributed by atoms with van der Waals surface area (Å²) in [6.45, 7) is 0.342. The van der Waals surface area contributed by atoms with Crippen LogP contribution in [0.25, 0.3) is 6.08 Å². The maximum Gasteiger partial charge on any atom is 0.146 e. The van der Waals surface area contributed by atoms with E-state index < -0.39 is 5.60 Å². The van der Waals surface area contributed by atoms with Crippen LogP contribution in [0.15, 0.2) is 22.7 Å². The van der Waals surface area contributed by atoms with Crippen LogP contribution in [0.4, 0.5) is 5.69 Å². The van der Waals surface area contributed by atoms with E-state index in [1.54, 1.807) is 0 Å². The zero-order chi connectivity index (χ0) is 12.9. The summed E-state index contributed by atoms with van der Waals surface area (Å²) in [5, 5.41) is 10.7. The third-order valence-electron chi connectivity index (χ3n) is 3.54. The number of alkyl halides is 1. The second kappa shape index (κ2) is 4.08. The van der Waals surface area contributed by atoms with Gasteiger partial charge in [0.2, 0.25) is 0 Å². The van der Waals surface area contributed by atoms with Crippen molar-refractivity contribution in [3.05, 3.63) is 33.8 Å². The molecule has 2 atom stereocenters. The third-order valence-corrected chi connectivity index (χ3v) is 4.64. The van der Waals surface area contributed by atoms with Crippen LogP contribution >= 0.6 is 27.5 Å². The molecule has 18 heavy (non-hydrogen) atoms. The molecule has 2 aliphatic rings. The Morgan fingerprint density at radius 3 is 3.06 bits per heavy atom. The lowest BCUT2D eigenvalue weighted by atomic mass is 9.95. The van der Waals surface area contributed by atoms with Crippen LogP contribution in [0.5, 0.6) is 0 Å². The molecule has 3 nitrogen and oxygen atoms in total. The lowest BCUT2D eigenvalue weighted by molar-refractivity contribution is -0.108. The van der Waals surface area contributed by atoms with Gasteiger partial charge in [0.15, 0.2) is 0 Å². The van der Waals surface area contributed by atoms with E-state index in [9.17, 15) is 9.90 Å². The number of carbonyl (C=O) groups is 1. The van der Waals surface area contributed by atoms with Crippen LogP contribution in [0.3, 0.4) is 0 Å². The van der Waals surface area contributed by atoms with Gasteiger partial charge in [0.25, 0.3) is 0 Å². The van der Waals surface area contributed by atoms with Gasteiger partial charge in [-0.15, -0.1) is 11.6 Å². The van der Waals surface area contributed by atoms with Crippen molar-refractivity contribution in [1.82, 2.24) is 0 Å². The molecule has 3 rings (SSSR count). The summed E-state index contributed by atoms with van der Waals surface area (Å²) in [5.74, 6) is 0.101. The Kier molecular flexibility index (Phi) is 2.77. The summed E-state index contributed by atoms with van der Waals surface area (Å²) in [6, 6.07) is 3.54. The first-order valence-corrected chi connectivity index (χ1v) is 6.95. The van der Waals surface area contributed by atoms with E-state index in [0.29, 0.717) is 6.54 Å². The van der Waals surface area contributed by atoms with Crippen molar-refractivity contribution in [2.24, 2.45) is 0 Å². The smallest absolute Gasteiger partial charge is 0.146 e. The molecule has 0 amide bonds. The van der Waals surface area contributed by atoms with Crippen molar-refractivity contribution >= 4 is 45.6 Å². The van der Waals surface area contributed by atoms with E-state index in [-0.39, 0.29) is 11.9 Å². The van der Waals surface area contributed by atoms with Crippen LogP contribution in [0, 0.1) is 0 Å². The fraction of sp³-hybridized carbons (Fsp3) is 0.308. The lowest BCUT2D eigenvalue weighted by Gasteiger charge is -2.29. The Labute approximate surface area is 118 Å². The molecule has 0 spiro atoms. The summed E-state index contributed by atoms with van der Waals surface area (Å²) >= 11 is 9.39. The highest BCUT2D eigenvalue weighted by Gasteiger charge is 2.45. The van der Waals surface area contributed by atoms with Gasteiger partial charge in [0.1, 0.15) is 17.9 Å². The number of rotatable bonds is 2. The minimum atomic E-state index is -1.11. The Balaban J connectivity index is 2.28. The molecule has 1 aromatic carbocycles. The first-order valence-electron chi connectivity index (χ1n) is 5.62. The molecule has 0 saturated carbocycles. The van der Waals surface area contributed by atoms with Gasteiger partial charge < -0.3 is 14.8 Å². The van der Waals surface area contributed by atoms with Gasteiger partial charge in [-0.05, 0) is 11.6 Å². The highest BCUT2D eigenvalue weighted by Crippen LogP contribution is 2.48. The maximum absolute atomic E-state index is 11.1. The van der Waals surface area contributed by atoms with Crippen molar-refractivity contribution < 1.29 is 9.90 Å². The van der Waals surface area contributed by atoms with Crippen molar-refractivity contribution in [3.63, 3.8) is 0 Å². The van der Waals surface area contributed by atoms with Crippen LogP contribution in [0.2, 0.25) is 0 Å². The largest absolute Gasteiger partial charge is 0.382 e. The molecule has 0 fully saturated rings. The van der Waals surface area contributed by atoms with Gasteiger partial charge in [-0.1, -0.05) is 34.1 Å². The molecular formula is C13H11BrClNO2. The molecular weight excluding hydrogens is 318 g/mol. The second-order valence-corrected chi connectivity index (χ2v) is 5.76. The number of benzene rings is 1. The molecule has 0 aromatic heterocycles. The average molecular weight is 329 g/mol.